The first-order chi connectivity index (χ1) is 9.31. The first-order valence-electron chi connectivity index (χ1n) is 7.45. The van der Waals surface area contributed by atoms with Crippen molar-refractivity contribution in [1.82, 2.24) is 9.55 Å². The average Bonchev–Trinajstić information content (AvgIpc) is 2.65. The Morgan fingerprint density at radius 3 is 2.63 bits per heavy atom. The van der Waals surface area contributed by atoms with Crippen molar-refractivity contribution in [1.29, 1.82) is 0 Å². The summed E-state index contributed by atoms with van der Waals surface area (Å²) in [6, 6.07) is 6.33. The van der Waals surface area contributed by atoms with Gasteiger partial charge in [0.15, 0.2) is 0 Å². The minimum atomic E-state index is 0.568. The predicted octanol–water partition coefficient (Wildman–Crippen LogP) is 3.47. The van der Waals surface area contributed by atoms with Crippen LogP contribution in [0.1, 0.15) is 55.8 Å². The number of imidazole rings is 1. The van der Waals surface area contributed by atoms with Gasteiger partial charge in [-0.15, -0.1) is 0 Å². The van der Waals surface area contributed by atoms with E-state index >= 15 is 0 Å². The molecule has 0 saturated heterocycles. The van der Waals surface area contributed by atoms with Gasteiger partial charge in [-0.25, -0.2) is 4.98 Å². The van der Waals surface area contributed by atoms with Crippen molar-refractivity contribution in [2.24, 2.45) is 12.8 Å². The van der Waals surface area contributed by atoms with E-state index in [0.29, 0.717) is 12.5 Å². The van der Waals surface area contributed by atoms with Crippen molar-refractivity contribution in [3.8, 4) is 0 Å². The Morgan fingerprint density at radius 1 is 1.21 bits per heavy atom. The summed E-state index contributed by atoms with van der Waals surface area (Å²) in [7, 11) is 2.15. The maximum atomic E-state index is 5.83. The standard InChI is InChI=1S/C16H23N3/c1-19-14-10-6-9-13(11-17)15(14)18-16(19)12-7-4-2-3-5-8-12/h6,9-10,12H,2-5,7-8,11,17H2,1H3. The van der Waals surface area contributed by atoms with Crippen LogP contribution in [0.25, 0.3) is 11.0 Å². The Kier molecular flexibility index (Phi) is 3.56. The number of hydrogen-bond acceptors (Lipinski definition) is 2. The van der Waals surface area contributed by atoms with Gasteiger partial charge in [-0.2, -0.15) is 0 Å². The lowest BCUT2D eigenvalue weighted by Gasteiger charge is -2.13. The first-order valence-corrected chi connectivity index (χ1v) is 7.45. The van der Waals surface area contributed by atoms with Gasteiger partial charge >= 0.3 is 0 Å². The molecule has 1 aliphatic rings. The zero-order chi connectivity index (χ0) is 13.2. The van der Waals surface area contributed by atoms with E-state index in [-0.39, 0.29) is 0 Å². The Balaban J connectivity index is 2.06. The van der Waals surface area contributed by atoms with Crippen LogP contribution < -0.4 is 5.73 Å². The summed E-state index contributed by atoms with van der Waals surface area (Å²) in [4.78, 5) is 4.93. The normalized spacial score (nSPS) is 17.8. The molecule has 3 heteroatoms. The molecule has 2 aromatic rings. The Morgan fingerprint density at radius 2 is 1.95 bits per heavy atom. The lowest BCUT2D eigenvalue weighted by atomic mass is 9.99. The molecular weight excluding hydrogens is 234 g/mol. The van der Waals surface area contributed by atoms with Crippen LogP contribution in [0.4, 0.5) is 0 Å². The van der Waals surface area contributed by atoms with Gasteiger partial charge < -0.3 is 10.3 Å². The molecule has 0 aliphatic heterocycles. The lowest BCUT2D eigenvalue weighted by molar-refractivity contribution is 0.546. The number of aryl methyl sites for hydroxylation is 1. The molecule has 0 unspecified atom stereocenters. The highest BCUT2D eigenvalue weighted by Gasteiger charge is 2.20. The summed E-state index contributed by atoms with van der Waals surface area (Å²) in [6.07, 6.45) is 8.03. The molecule has 0 atom stereocenters. The fraction of sp³-hybridized carbons (Fsp3) is 0.562. The van der Waals surface area contributed by atoms with E-state index in [1.54, 1.807) is 0 Å². The lowest BCUT2D eigenvalue weighted by Crippen LogP contribution is -2.05. The van der Waals surface area contributed by atoms with E-state index in [1.807, 2.05) is 0 Å². The third-order valence-electron chi connectivity index (χ3n) is 4.47. The molecule has 1 aliphatic carbocycles. The fourth-order valence-corrected chi connectivity index (χ4v) is 3.36. The van der Waals surface area contributed by atoms with Crippen molar-refractivity contribution in [2.45, 2.75) is 51.0 Å². The maximum Gasteiger partial charge on any atom is 0.112 e. The van der Waals surface area contributed by atoms with Crippen LogP contribution in [0.3, 0.4) is 0 Å². The highest BCUT2D eigenvalue weighted by molar-refractivity contribution is 5.79. The molecule has 0 amide bonds. The summed E-state index contributed by atoms with van der Waals surface area (Å²) in [5.74, 6) is 1.89. The number of para-hydroxylation sites is 1. The molecule has 3 nitrogen and oxygen atoms in total. The number of nitrogens with zero attached hydrogens (tertiary/aromatic N) is 2. The molecule has 2 N–H and O–H groups in total. The van der Waals surface area contributed by atoms with Crippen LogP contribution in [0.5, 0.6) is 0 Å². The second kappa shape index (κ2) is 5.33. The number of hydrogen-bond donors (Lipinski definition) is 1. The number of fused-ring (bicyclic) bond motifs is 1. The average molecular weight is 257 g/mol. The minimum Gasteiger partial charge on any atom is -0.331 e. The van der Waals surface area contributed by atoms with Gasteiger partial charge in [0, 0.05) is 19.5 Å². The molecule has 0 radical (unpaired) electrons. The van der Waals surface area contributed by atoms with E-state index in [4.69, 9.17) is 10.7 Å². The summed E-state index contributed by atoms with van der Waals surface area (Å²) in [5.41, 5.74) is 9.32. The summed E-state index contributed by atoms with van der Waals surface area (Å²) >= 11 is 0. The predicted molar refractivity (Wildman–Crippen MR) is 79.0 cm³/mol. The van der Waals surface area contributed by atoms with Gasteiger partial charge in [0.25, 0.3) is 0 Å². The third kappa shape index (κ3) is 2.27. The number of benzene rings is 1. The van der Waals surface area contributed by atoms with Crippen LogP contribution in [0.15, 0.2) is 18.2 Å². The molecule has 1 saturated carbocycles. The number of nitrogens with two attached hydrogens (primary N) is 1. The SMILES string of the molecule is Cn1c(C2CCCCCC2)nc2c(CN)cccc21. The highest BCUT2D eigenvalue weighted by atomic mass is 15.1. The second-order valence-corrected chi connectivity index (χ2v) is 5.71. The van der Waals surface area contributed by atoms with Crippen LogP contribution in [0, 0.1) is 0 Å². The Bertz CT molecular complexity index is 563. The molecule has 1 aromatic carbocycles. The molecule has 19 heavy (non-hydrogen) atoms. The Labute approximate surface area is 114 Å². The van der Waals surface area contributed by atoms with E-state index in [1.165, 1.54) is 49.9 Å². The van der Waals surface area contributed by atoms with Crippen molar-refractivity contribution in [3.05, 3.63) is 29.6 Å². The summed E-state index contributed by atoms with van der Waals surface area (Å²) in [6.45, 7) is 0.568. The summed E-state index contributed by atoms with van der Waals surface area (Å²) in [5, 5.41) is 0. The van der Waals surface area contributed by atoms with Gasteiger partial charge in [0.05, 0.1) is 11.0 Å². The number of rotatable bonds is 2. The smallest absolute Gasteiger partial charge is 0.112 e. The van der Waals surface area contributed by atoms with Crippen molar-refractivity contribution in [2.75, 3.05) is 0 Å². The van der Waals surface area contributed by atoms with E-state index < -0.39 is 0 Å². The highest BCUT2D eigenvalue weighted by Crippen LogP contribution is 2.33. The summed E-state index contributed by atoms with van der Waals surface area (Å²) < 4.78 is 2.28. The maximum absolute atomic E-state index is 5.83. The van der Waals surface area contributed by atoms with Crippen LogP contribution in [-0.4, -0.2) is 9.55 Å². The molecule has 0 bridgehead atoms. The van der Waals surface area contributed by atoms with Gasteiger partial charge in [0.2, 0.25) is 0 Å². The van der Waals surface area contributed by atoms with Crippen LogP contribution in [0.2, 0.25) is 0 Å². The van der Waals surface area contributed by atoms with Crippen LogP contribution >= 0.6 is 0 Å². The van der Waals surface area contributed by atoms with E-state index in [2.05, 4.69) is 29.8 Å². The van der Waals surface area contributed by atoms with Crippen molar-refractivity contribution >= 4 is 11.0 Å². The minimum absolute atomic E-state index is 0.568. The van der Waals surface area contributed by atoms with Crippen molar-refractivity contribution < 1.29 is 0 Å². The zero-order valence-corrected chi connectivity index (χ0v) is 11.7. The van der Waals surface area contributed by atoms with Gasteiger partial charge in [0.1, 0.15) is 5.82 Å². The molecule has 1 aromatic heterocycles. The zero-order valence-electron chi connectivity index (χ0n) is 11.7. The number of aromatic nitrogens is 2. The van der Waals surface area contributed by atoms with E-state index in [9.17, 15) is 0 Å². The Hall–Kier alpha value is -1.35. The van der Waals surface area contributed by atoms with Gasteiger partial charge in [-0.3, -0.25) is 0 Å². The molecule has 1 heterocycles. The molecule has 102 valence electrons. The monoisotopic (exact) mass is 257 g/mol. The van der Waals surface area contributed by atoms with Crippen LogP contribution in [-0.2, 0) is 13.6 Å². The molecular formula is C16H23N3. The quantitative estimate of drug-likeness (QED) is 0.837. The van der Waals surface area contributed by atoms with Crippen molar-refractivity contribution in [3.63, 3.8) is 0 Å². The largest absolute Gasteiger partial charge is 0.331 e. The molecule has 1 fully saturated rings. The topological polar surface area (TPSA) is 43.8 Å². The van der Waals surface area contributed by atoms with E-state index in [0.717, 1.165) is 11.1 Å². The fourth-order valence-electron chi connectivity index (χ4n) is 3.36. The first kappa shape index (κ1) is 12.7. The molecule has 0 spiro atoms. The molecule has 3 rings (SSSR count). The van der Waals surface area contributed by atoms with Gasteiger partial charge in [-0.05, 0) is 24.5 Å². The third-order valence-corrected chi connectivity index (χ3v) is 4.47. The van der Waals surface area contributed by atoms with Gasteiger partial charge in [-0.1, -0.05) is 37.8 Å². The second-order valence-electron chi connectivity index (χ2n) is 5.71.